The molecule has 25 heavy (non-hydrogen) atoms. The van der Waals surface area contributed by atoms with Gasteiger partial charge in [0, 0.05) is 14.1 Å². The fourth-order valence-corrected chi connectivity index (χ4v) is 3.09. The number of amidine groups is 1. The van der Waals surface area contributed by atoms with E-state index in [4.69, 9.17) is 4.74 Å². The molecule has 3 amide bonds. The van der Waals surface area contributed by atoms with Crippen molar-refractivity contribution in [1.82, 2.24) is 14.8 Å². The highest BCUT2D eigenvalue weighted by Crippen LogP contribution is 2.24. The third kappa shape index (κ3) is 2.48. The molecule has 134 valence electrons. The number of urea groups is 1. The first-order valence-electron chi connectivity index (χ1n) is 8.05. The van der Waals surface area contributed by atoms with Gasteiger partial charge < -0.3 is 4.74 Å². The van der Waals surface area contributed by atoms with Crippen LogP contribution in [0.25, 0.3) is 0 Å². The van der Waals surface area contributed by atoms with Crippen LogP contribution in [0.5, 0.6) is 0 Å². The Balaban J connectivity index is 2.03. The number of likely N-dealkylation sites (N-methyl/N-ethyl adjacent to an activating group) is 2. The van der Waals surface area contributed by atoms with Crippen LogP contribution in [0, 0.1) is 0 Å². The number of carbonyl (C=O) groups is 3. The van der Waals surface area contributed by atoms with E-state index in [1.165, 1.54) is 17.0 Å². The molecule has 3 aliphatic rings. The molecule has 0 aromatic heterocycles. The molecule has 10 nitrogen and oxygen atoms in total. The van der Waals surface area contributed by atoms with E-state index >= 15 is 0 Å². The molecule has 3 rings (SSSR count). The number of imide groups is 1. The summed E-state index contributed by atoms with van der Waals surface area (Å²) in [6.45, 7) is 5.60. The molecule has 2 atom stereocenters. The van der Waals surface area contributed by atoms with Gasteiger partial charge in [0.05, 0.1) is 12.3 Å². The number of fused-ring (bicyclic) bond motifs is 2. The summed E-state index contributed by atoms with van der Waals surface area (Å²) in [5.41, 5.74) is 0.736. The average molecular weight is 349 g/mol. The van der Waals surface area contributed by atoms with Crippen LogP contribution in [0.15, 0.2) is 10.1 Å². The van der Waals surface area contributed by atoms with Gasteiger partial charge in [0.25, 0.3) is 5.91 Å². The number of hydrogen-bond donors (Lipinski definition) is 0. The van der Waals surface area contributed by atoms with Gasteiger partial charge in [-0.1, -0.05) is 4.99 Å². The molecule has 0 bridgehead atoms. The summed E-state index contributed by atoms with van der Waals surface area (Å²) >= 11 is 0. The Kier molecular flexibility index (Phi) is 4.05. The van der Waals surface area contributed by atoms with E-state index < -0.39 is 18.0 Å². The van der Waals surface area contributed by atoms with Crippen LogP contribution >= 0.6 is 0 Å². The first kappa shape index (κ1) is 17.1. The highest BCUT2D eigenvalue weighted by Gasteiger charge is 2.55. The molecule has 1 fully saturated rings. The number of carbonyl (C=O) groups excluding carboxylic acids is 3. The first-order valence-corrected chi connectivity index (χ1v) is 8.05. The molecule has 0 N–H and O–H groups in total. The molecule has 0 aliphatic carbocycles. The van der Waals surface area contributed by atoms with Crippen molar-refractivity contribution in [2.45, 2.75) is 32.9 Å². The van der Waals surface area contributed by atoms with Crippen molar-refractivity contribution in [3.05, 3.63) is 0 Å². The number of nitrogens with zero attached hydrogens (tertiary/aromatic N) is 6. The number of guanidine groups is 1. The summed E-state index contributed by atoms with van der Waals surface area (Å²) in [6.07, 6.45) is 0. The third-order valence-corrected chi connectivity index (χ3v) is 4.57. The van der Waals surface area contributed by atoms with Crippen molar-refractivity contribution in [2.75, 3.05) is 27.2 Å². The largest absolute Gasteiger partial charge is 0.464 e. The lowest BCUT2D eigenvalue weighted by molar-refractivity contribution is -0.559. The Morgan fingerprint density at radius 2 is 1.96 bits per heavy atom. The van der Waals surface area contributed by atoms with E-state index in [1.807, 2.05) is 13.8 Å². The summed E-state index contributed by atoms with van der Waals surface area (Å²) in [6, 6.07) is -1.35. The summed E-state index contributed by atoms with van der Waals surface area (Å²) in [4.78, 5) is 43.6. The maximum absolute atomic E-state index is 12.7. The van der Waals surface area contributed by atoms with Gasteiger partial charge in [-0.15, -0.1) is 10.1 Å². The number of amides is 3. The fraction of sp³-hybridized carbons (Fsp3) is 0.600. The first-order chi connectivity index (χ1) is 11.8. The molecule has 0 saturated carbocycles. The second-order valence-corrected chi connectivity index (χ2v) is 6.10. The summed E-state index contributed by atoms with van der Waals surface area (Å²) in [5, 5.41) is 5.83. The number of hydrogen-bond acceptors (Lipinski definition) is 7. The smallest absolute Gasteiger partial charge is 0.417 e. The lowest BCUT2D eigenvalue weighted by atomic mass is 10.1. The van der Waals surface area contributed by atoms with Crippen molar-refractivity contribution in [3.8, 4) is 0 Å². The Bertz CT molecular complexity index is 755. The van der Waals surface area contributed by atoms with E-state index in [9.17, 15) is 14.4 Å². The zero-order valence-electron chi connectivity index (χ0n) is 14.9. The van der Waals surface area contributed by atoms with Gasteiger partial charge in [0.1, 0.15) is 6.04 Å². The predicted octanol–water partition coefficient (Wildman–Crippen LogP) is -0.697. The molecule has 0 radical (unpaired) electrons. The van der Waals surface area contributed by atoms with Gasteiger partial charge in [-0.25, -0.2) is 14.2 Å². The fourth-order valence-electron chi connectivity index (χ4n) is 3.09. The molecule has 3 aliphatic heterocycles. The number of rotatable bonds is 3. The molecule has 0 aromatic carbocycles. The Morgan fingerprint density at radius 1 is 1.28 bits per heavy atom. The molecule has 1 saturated heterocycles. The zero-order chi connectivity index (χ0) is 18.5. The molecular formula is C15H21N6O4+. The van der Waals surface area contributed by atoms with Crippen molar-refractivity contribution in [2.24, 2.45) is 10.1 Å². The van der Waals surface area contributed by atoms with Gasteiger partial charge in [-0.05, 0) is 20.8 Å². The number of hydrazone groups is 1. The average Bonchev–Trinajstić information content (AvgIpc) is 2.97. The molecular weight excluding hydrogens is 328 g/mol. The summed E-state index contributed by atoms with van der Waals surface area (Å²) in [7, 11) is 3.02. The van der Waals surface area contributed by atoms with E-state index in [2.05, 4.69) is 10.1 Å². The lowest BCUT2D eigenvalue weighted by Gasteiger charge is -2.33. The van der Waals surface area contributed by atoms with Crippen molar-refractivity contribution in [1.29, 1.82) is 0 Å². The maximum atomic E-state index is 12.7. The predicted molar refractivity (Wildman–Crippen MR) is 88.3 cm³/mol. The van der Waals surface area contributed by atoms with E-state index in [0.717, 1.165) is 10.6 Å². The van der Waals surface area contributed by atoms with Crippen LogP contribution in [0.4, 0.5) is 4.79 Å². The quantitative estimate of drug-likeness (QED) is 0.496. The van der Waals surface area contributed by atoms with E-state index in [-0.39, 0.29) is 25.1 Å². The minimum atomic E-state index is -0.715. The monoisotopic (exact) mass is 349 g/mol. The molecule has 3 heterocycles. The van der Waals surface area contributed by atoms with E-state index in [0.29, 0.717) is 11.8 Å². The minimum absolute atomic E-state index is 0.116. The van der Waals surface area contributed by atoms with Crippen molar-refractivity contribution in [3.63, 3.8) is 0 Å². The number of aliphatic imine (C=N–C) groups is 1. The SMILES string of the molecule is CCOC(=O)CN1N=C(C)C(C)[N+]2=C1N=C1C2C(=O)N(C)C(=O)N1C. The van der Waals surface area contributed by atoms with Crippen molar-refractivity contribution < 1.29 is 23.7 Å². The highest BCUT2D eigenvalue weighted by molar-refractivity contribution is 6.23. The van der Waals surface area contributed by atoms with Crippen LogP contribution < -0.4 is 0 Å². The number of esters is 1. The van der Waals surface area contributed by atoms with E-state index in [1.54, 1.807) is 18.5 Å². The second-order valence-electron chi connectivity index (χ2n) is 6.10. The lowest BCUT2D eigenvalue weighted by Crippen LogP contribution is -2.63. The standard InChI is InChI=1S/C15H21N6O4/c1-6-25-10(22)7-20-14-16-12-11(21(14)9(3)8(2)17-20)13(23)19(5)15(24)18(12)4/h9,11H,6-7H2,1-5H3/q+1. The maximum Gasteiger partial charge on any atom is 0.417 e. The molecule has 2 unspecified atom stereocenters. The topological polar surface area (TPSA) is 97.9 Å². The normalized spacial score (nSPS) is 25.7. The van der Waals surface area contributed by atoms with Gasteiger partial charge >= 0.3 is 18.0 Å². The van der Waals surface area contributed by atoms with Gasteiger partial charge in [-0.2, -0.15) is 0 Å². The summed E-state index contributed by atoms with van der Waals surface area (Å²) in [5.74, 6) is -0.0818. The Labute approximate surface area is 145 Å². The molecule has 10 heteroatoms. The Morgan fingerprint density at radius 3 is 2.60 bits per heavy atom. The third-order valence-electron chi connectivity index (χ3n) is 4.57. The Hall–Kier alpha value is -2.78. The summed E-state index contributed by atoms with van der Waals surface area (Å²) < 4.78 is 6.77. The van der Waals surface area contributed by atoms with Crippen LogP contribution in [0.3, 0.4) is 0 Å². The van der Waals surface area contributed by atoms with Gasteiger partial charge in [0.2, 0.25) is 11.9 Å². The minimum Gasteiger partial charge on any atom is -0.464 e. The van der Waals surface area contributed by atoms with Crippen molar-refractivity contribution >= 4 is 35.4 Å². The van der Waals surface area contributed by atoms with Crippen LogP contribution in [-0.2, 0) is 14.3 Å². The van der Waals surface area contributed by atoms with Crippen LogP contribution in [-0.4, -0.2) is 94.1 Å². The van der Waals surface area contributed by atoms with Gasteiger partial charge in [0.15, 0.2) is 6.54 Å². The molecule has 0 spiro atoms. The highest BCUT2D eigenvalue weighted by atomic mass is 16.5. The second kappa shape index (κ2) is 5.94. The van der Waals surface area contributed by atoms with Crippen LogP contribution in [0.2, 0.25) is 0 Å². The zero-order valence-corrected chi connectivity index (χ0v) is 14.9. The van der Waals surface area contributed by atoms with Gasteiger partial charge in [-0.3, -0.25) is 14.6 Å². The van der Waals surface area contributed by atoms with Crippen LogP contribution in [0.1, 0.15) is 20.8 Å². The number of ether oxygens (including phenoxy) is 1. The molecule has 0 aromatic rings.